The van der Waals surface area contributed by atoms with Crippen LogP contribution >= 0.6 is 0 Å². The van der Waals surface area contributed by atoms with Crippen LogP contribution in [-0.4, -0.2) is 34.5 Å². The summed E-state index contributed by atoms with van der Waals surface area (Å²) in [5.41, 5.74) is 5.03. The maximum Gasteiger partial charge on any atom is 0.410 e. The van der Waals surface area contributed by atoms with Gasteiger partial charge in [0.05, 0.1) is 6.42 Å². The molecule has 2 amide bonds. The predicted octanol–water partition coefficient (Wildman–Crippen LogP) is 7.04. The molecule has 0 saturated carbocycles. The van der Waals surface area contributed by atoms with Crippen molar-refractivity contribution in [1.82, 2.24) is 4.90 Å². The Bertz CT molecular complexity index is 1150. The van der Waals surface area contributed by atoms with Gasteiger partial charge in [0, 0.05) is 25.7 Å². The molecule has 0 spiro atoms. The maximum absolute atomic E-state index is 13.0. The normalized spacial score (nSPS) is 11.8. The number of benzene rings is 2. The van der Waals surface area contributed by atoms with Gasteiger partial charge in [-0.1, -0.05) is 62.4 Å². The molecule has 2 N–H and O–H groups in total. The van der Waals surface area contributed by atoms with Crippen LogP contribution in [0.5, 0.6) is 0 Å². The molecule has 2 aromatic rings. The summed E-state index contributed by atoms with van der Waals surface area (Å²) in [6, 6.07) is 15.2. The molecule has 0 aliphatic carbocycles. The van der Waals surface area contributed by atoms with Crippen LogP contribution in [0.25, 0.3) is 5.57 Å². The third-order valence-corrected chi connectivity index (χ3v) is 6.44. The Balaban J connectivity index is 2.51. The summed E-state index contributed by atoms with van der Waals surface area (Å²) < 4.78 is 5.59. The van der Waals surface area contributed by atoms with Gasteiger partial charge in [-0.05, 0) is 72.6 Å². The van der Waals surface area contributed by atoms with Crippen molar-refractivity contribution in [3.05, 3.63) is 82.9 Å². The third kappa shape index (κ3) is 9.21. The summed E-state index contributed by atoms with van der Waals surface area (Å²) in [5.74, 6) is -0.895. The lowest BCUT2D eigenvalue weighted by Crippen LogP contribution is -2.31. The highest BCUT2D eigenvalue weighted by Gasteiger charge is 2.21. The van der Waals surface area contributed by atoms with Crippen LogP contribution in [-0.2, 0) is 27.5 Å². The molecule has 0 unspecified atom stereocenters. The number of ether oxygens (including phenoxy) is 1. The number of nitrogens with one attached hydrogen (secondary N) is 1. The number of aliphatic carboxylic acids is 1. The maximum atomic E-state index is 13.0. The molecule has 7 nitrogen and oxygen atoms in total. The summed E-state index contributed by atoms with van der Waals surface area (Å²) in [4.78, 5) is 37.9. The molecule has 0 heterocycles. The smallest absolute Gasteiger partial charge is 0.410 e. The average Bonchev–Trinajstić information content (AvgIpc) is 2.90. The molecule has 0 bridgehead atoms. The minimum atomic E-state index is -0.891. The highest BCUT2D eigenvalue weighted by atomic mass is 16.6. The number of carboxylic acids is 1. The molecular weight excluding hydrogens is 480 g/mol. The lowest BCUT2D eigenvalue weighted by molar-refractivity contribution is -0.136. The summed E-state index contributed by atoms with van der Waals surface area (Å²) >= 11 is 0. The molecule has 7 heteroatoms. The van der Waals surface area contributed by atoms with Gasteiger partial charge in [-0.15, -0.1) is 0 Å². The number of anilines is 1. The summed E-state index contributed by atoms with van der Waals surface area (Å²) in [6.07, 6.45) is 5.02. The van der Waals surface area contributed by atoms with Gasteiger partial charge < -0.3 is 20.1 Å². The van der Waals surface area contributed by atoms with E-state index in [4.69, 9.17) is 4.74 Å². The van der Waals surface area contributed by atoms with E-state index in [1.165, 1.54) is 6.92 Å². The van der Waals surface area contributed by atoms with E-state index >= 15 is 0 Å². The topological polar surface area (TPSA) is 95.9 Å². The van der Waals surface area contributed by atoms with E-state index in [2.05, 4.69) is 19.2 Å². The second kappa shape index (κ2) is 15.4. The van der Waals surface area contributed by atoms with Gasteiger partial charge in [0.2, 0.25) is 5.91 Å². The third-order valence-electron chi connectivity index (χ3n) is 6.44. The fourth-order valence-corrected chi connectivity index (χ4v) is 4.36. The molecular formula is C31H40N2O5. The summed E-state index contributed by atoms with van der Waals surface area (Å²) in [6.45, 7) is 10.3. The van der Waals surface area contributed by atoms with E-state index in [0.29, 0.717) is 17.8 Å². The quantitative estimate of drug-likeness (QED) is 0.276. The van der Waals surface area contributed by atoms with Crippen molar-refractivity contribution in [2.24, 2.45) is 5.92 Å². The molecule has 0 aliphatic rings. The van der Waals surface area contributed by atoms with Crippen molar-refractivity contribution >= 4 is 29.2 Å². The molecule has 0 aromatic heterocycles. The highest BCUT2D eigenvalue weighted by Crippen LogP contribution is 2.34. The number of rotatable bonds is 13. The van der Waals surface area contributed by atoms with Gasteiger partial charge in [0.1, 0.15) is 6.61 Å². The van der Waals surface area contributed by atoms with Crippen LogP contribution in [0, 0.1) is 5.92 Å². The van der Waals surface area contributed by atoms with Crippen molar-refractivity contribution in [2.75, 3.05) is 11.9 Å². The Morgan fingerprint density at radius 3 is 2.29 bits per heavy atom. The van der Waals surface area contributed by atoms with Crippen LogP contribution in [0.4, 0.5) is 10.5 Å². The Morgan fingerprint density at radius 1 is 1.05 bits per heavy atom. The second-order valence-electron chi connectivity index (χ2n) is 9.15. The van der Waals surface area contributed by atoms with Gasteiger partial charge >= 0.3 is 12.1 Å². The van der Waals surface area contributed by atoms with Crippen LogP contribution in [0.1, 0.15) is 70.6 Å². The number of allylic oxidation sites excluding steroid dienone is 3. The number of hydrogen-bond donors (Lipinski definition) is 2. The molecule has 0 saturated heterocycles. The first-order valence-electron chi connectivity index (χ1n) is 13.2. The minimum absolute atomic E-state index is 0.0770. The van der Waals surface area contributed by atoms with Crippen LogP contribution in [0.15, 0.2) is 66.3 Å². The number of hydrogen-bond acceptors (Lipinski definition) is 4. The van der Waals surface area contributed by atoms with E-state index in [1.807, 2.05) is 74.5 Å². The zero-order valence-corrected chi connectivity index (χ0v) is 23.1. The largest absolute Gasteiger partial charge is 0.481 e. The monoisotopic (exact) mass is 520 g/mol. The van der Waals surface area contributed by atoms with E-state index in [1.54, 1.807) is 4.90 Å². The van der Waals surface area contributed by atoms with Crippen molar-refractivity contribution in [1.29, 1.82) is 0 Å². The minimum Gasteiger partial charge on any atom is -0.481 e. The molecule has 2 aromatic carbocycles. The van der Waals surface area contributed by atoms with Gasteiger partial charge in [-0.3, -0.25) is 9.59 Å². The molecule has 38 heavy (non-hydrogen) atoms. The number of amides is 2. The van der Waals surface area contributed by atoms with Crippen molar-refractivity contribution in [3.8, 4) is 0 Å². The van der Waals surface area contributed by atoms with Gasteiger partial charge in [0.25, 0.3) is 0 Å². The summed E-state index contributed by atoms with van der Waals surface area (Å²) in [7, 11) is 0. The first-order valence-corrected chi connectivity index (χ1v) is 13.2. The lowest BCUT2D eigenvalue weighted by atomic mass is 9.84. The molecule has 2 rings (SSSR count). The number of carboxylic acid groups (broad SMARTS) is 1. The average molecular weight is 521 g/mol. The zero-order valence-electron chi connectivity index (χ0n) is 23.1. The van der Waals surface area contributed by atoms with Crippen molar-refractivity contribution in [3.63, 3.8) is 0 Å². The Hall–Kier alpha value is -3.87. The highest BCUT2D eigenvalue weighted by molar-refractivity contribution is 5.89. The molecule has 204 valence electrons. The number of nitrogens with zero attached hydrogens (tertiary/aromatic N) is 1. The van der Waals surface area contributed by atoms with E-state index in [0.717, 1.165) is 35.1 Å². The van der Waals surface area contributed by atoms with Crippen molar-refractivity contribution < 1.29 is 24.2 Å². The van der Waals surface area contributed by atoms with Crippen LogP contribution in [0.3, 0.4) is 0 Å². The van der Waals surface area contributed by atoms with Gasteiger partial charge in [0.15, 0.2) is 0 Å². The summed E-state index contributed by atoms with van der Waals surface area (Å²) in [5, 5.41) is 12.2. The number of carbonyl (C=O) groups excluding carboxylic acids is 2. The van der Waals surface area contributed by atoms with E-state index in [-0.39, 0.29) is 31.4 Å². The van der Waals surface area contributed by atoms with Gasteiger partial charge in [-0.2, -0.15) is 0 Å². The fraction of sp³-hybridized carbons (Fsp3) is 0.387. The molecule has 0 fully saturated rings. The Morgan fingerprint density at radius 2 is 1.74 bits per heavy atom. The first kappa shape index (κ1) is 30.4. The fourth-order valence-electron chi connectivity index (χ4n) is 4.36. The van der Waals surface area contributed by atoms with E-state index < -0.39 is 12.1 Å². The van der Waals surface area contributed by atoms with Crippen LogP contribution in [0.2, 0.25) is 0 Å². The second-order valence-corrected chi connectivity index (χ2v) is 9.15. The lowest BCUT2D eigenvalue weighted by Gasteiger charge is -2.26. The van der Waals surface area contributed by atoms with Crippen LogP contribution < -0.4 is 5.32 Å². The molecule has 0 radical (unpaired) electrons. The molecule has 0 aliphatic heterocycles. The van der Waals surface area contributed by atoms with E-state index in [9.17, 15) is 19.5 Å². The number of carbonyl (C=O) groups is 3. The molecule has 0 atom stereocenters. The first-order chi connectivity index (χ1) is 18.2. The SMILES string of the molecule is C/C=C(\C=C(\c1ccc(NC(C)=O)cc1CN(CC)C(=O)OCc1ccccc1)C(CC)CC)CC(=O)O. The Kier molecular flexibility index (Phi) is 12.3. The predicted molar refractivity (Wildman–Crippen MR) is 152 cm³/mol. The zero-order chi connectivity index (χ0) is 28.1. The van der Waals surface area contributed by atoms with Crippen molar-refractivity contribution in [2.45, 2.75) is 67.0 Å². The van der Waals surface area contributed by atoms with Gasteiger partial charge in [-0.25, -0.2) is 4.79 Å². The standard InChI is InChI=1S/C31H40N2O5/c1-6-23(18-30(35)36)17-29(25(7-2)8-3)28-16-15-27(32-22(5)34)19-26(28)20-33(9-4)31(37)38-21-24-13-11-10-12-14-24/h6,10-17,19,25H,7-9,18,20-21H2,1-5H3,(H,32,34)(H,35,36)/b23-6+,29-17+. The Labute approximate surface area is 226 Å².